The Labute approximate surface area is 383 Å². The molecule has 0 radical (unpaired) electrons. The van der Waals surface area contributed by atoms with E-state index in [1.807, 2.05) is 30.5 Å². The van der Waals surface area contributed by atoms with Gasteiger partial charge in [0.05, 0.1) is 24.4 Å². The molecule has 0 saturated heterocycles. The van der Waals surface area contributed by atoms with Crippen LogP contribution in [0, 0.1) is 58.2 Å². The highest BCUT2D eigenvalue weighted by Gasteiger charge is 2.59. The van der Waals surface area contributed by atoms with Gasteiger partial charge in [0, 0.05) is 37.2 Å². The summed E-state index contributed by atoms with van der Waals surface area (Å²) in [6.07, 6.45) is 22.7. The molecule has 0 unspecified atom stereocenters. The number of rotatable bonds is 23. The lowest BCUT2D eigenvalue weighted by Crippen LogP contribution is -2.55. The summed E-state index contributed by atoms with van der Waals surface area (Å²) >= 11 is 0. The number of aliphatic hydroxyl groups is 1. The van der Waals surface area contributed by atoms with Gasteiger partial charge in [0.1, 0.15) is 6.04 Å². The van der Waals surface area contributed by atoms with Gasteiger partial charge >= 0.3 is 0 Å². The van der Waals surface area contributed by atoms with Crippen LogP contribution < -0.4 is 16.0 Å². The molecule has 6 rings (SSSR count). The van der Waals surface area contributed by atoms with E-state index in [1.54, 1.807) is 10.5 Å². The van der Waals surface area contributed by atoms with Crippen LogP contribution in [0.1, 0.15) is 171 Å². The van der Waals surface area contributed by atoms with Crippen LogP contribution in [0.2, 0.25) is 0 Å². The van der Waals surface area contributed by atoms with Crippen molar-refractivity contribution in [2.75, 3.05) is 18.5 Å². The Bertz CT molecular complexity index is 1750. The second-order valence-electron chi connectivity index (χ2n) is 22.6. The van der Waals surface area contributed by atoms with Crippen LogP contribution in [-0.2, 0) is 20.9 Å². The van der Waals surface area contributed by atoms with Crippen molar-refractivity contribution in [2.45, 2.75) is 190 Å². The standard InChI is InChI=1S/C55H88N4O4/c1-36(2)13-11-14-39(7)46-22-23-47-45-21-18-42-33-44(25-27-54(42,9)48(45)26-28-55(46,47)10)63-30-12-29-56-40(8)15-24-52(61)58-49(31-37(3)4)53(62)59-34-50(51(59)32-38(5)6)57-43-19-16-41(35-60)17-20-43/h16-20,34,36-39,44-49,51,56-57,60H,8,11-15,21-33,35H2,1-7,9-10H3,(H,58,61)/t39-,44+,45+,46-,47+,48+,49+,51+,54+,55-/m1/s1. The van der Waals surface area contributed by atoms with E-state index in [9.17, 15) is 14.7 Å². The minimum atomic E-state index is -0.591. The number of nitrogens with zero attached hydrogens (tertiary/aromatic N) is 1. The first kappa shape index (κ1) is 49.3. The molecule has 1 aromatic rings. The molecule has 4 N–H and O–H groups in total. The van der Waals surface area contributed by atoms with Gasteiger partial charge in [0.2, 0.25) is 11.8 Å². The van der Waals surface area contributed by atoms with E-state index in [0.29, 0.717) is 35.7 Å². The fraction of sp³-hybridized carbons (Fsp3) is 0.745. The van der Waals surface area contributed by atoms with E-state index in [0.717, 1.165) is 97.0 Å². The zero-order valence-electron chi connectivity index (χ0n) is 41.1. The topological polar surface area (TPSA) is 103 Å². The molecular formula is C55H88N4O4. The maximum absolute atomic E-state index is 13.9. The zero-order chi connectivity index (χ0) is 45.5. The zero-order valence-corrected chi connectivity index (χ0v) is 41.1. The number of benzene rings is 1. The van der Waals surface area contributed by atoms with Crippen molar-refractivity contribution < 1.29 is 19.4 Å². The van der Waals surface area contributed by atoms with Crippen LogP contribution in [0.4, 0.5) is 5.69 Å². The lowest BCUT2D eigenvalue weighted by atomic mass is 9.47. The Morgan fingerprint density at radius 2 is 1.67 bits per heavy atom. The third-order valence-electron chi connectivity index (χ3n) is 16.7. The smallest absolute Gasteiger partial charge is 0.249 e. The Morgan fingerprint density at radius 3 is 2.37 bits per heavy atom. The Balaban J connectivity index is 0.904. The second kappa shape index (κ2) is 21.9. The molecule has 3 fully saturated rings. The first-order chi connectivity index (χ1) is 30.0. The SMILES string of the molecule is C=C(CCC(=O)N[C@@H](CC(C)C)C(=O)N1C=C(Nc2ccc(CO)cc2)[C@@H]1CC(C)C)NCCCO[C@H]1CC[C@@]2(C)C(=CC[C@H]3[C@@H]4CC[C@H]([C@H](C)CCCC(C)C)[C@@]4(C)CC[C@@H]32)C1. The van der Waals surface area contributed by atoms with Crippen molar-refractivity contribution in [3.8, 4) is 0 Å². The first-order valence-electron chi connectivity index (χ1n) is 25.5. The van der Waals surface area contributed by atoms with Gasteiger partial charge in [-0.1, -0.05) is 112 Å². The Morgan fingerprint density at radius 1 is 0.905 bits per heavy atom. The number of ether oxygens (including phenoxy) is 1. The summed E-state index contributed by atoms with van der Waals surface area (Å²) in [6, 6.07) is 7.00. The number of aliphatic hydroxyl groups excluding tert-OH is 1. The van der Waals surface area contributed by atoms with E-state index in [-0.39, 0.29) is 36.8 Å². The van der Waals surface area contributed by atoms with Crippen molar-refractivity contribution in [2.24, 2.45) is 58.2 Å². The van der Waals surface area contributed by atoms with E-state index in [1.165, 1.54) is 57.8 Å². The molecule has 63 heavy (non-hydrogen) atoms. The molecule has 0 aromatic heterocycles. The third kappa shape index (κ3) is 12.0. The number of hydrogen-bond acceptors (Lipinski definition) is 6. The largest absolute Gasteiger partial charge is 0.392 e. The summed E-state index contributed by atoms with van der Waals surface area (Å²) in [6.45, 7) is 26.9. The van der Waals surface area contributed by atoms with Gasteiger partial charge in [-0.3, -0.25) is 9.59 Å². The normalized spacial score (nSPS) is 29.8. The number of allylic oxidation sites excluding steroid dienone is 2. The van der Waals surface area contributed by atoms with Crippen molar-refractivity contribution in [3.63, 3.8) is 0 Å². The molecule has 3 saturated carbocycles. The monoisotopic (exact) mass is 869 g/mol. The Kier molecular flexibility index (Phi) is 17.2. The average Bonchev–Trinajstić information content (AvgIpc) is 3.60. The van der Waals surface area contributed by atoms with E-state index in [2.05, 4.69) is 90.9 Å². The predicted molar refractivity (Wildman–Crippen MR) is 259 cm³/mol. The van der Waals surface area contributed by atoms with Crippen molar-refractivity contribution in [1.82, 2.24) is 15.5 Å². The van der Waals surface area contributed by atoms with Gasteiger partial charge in [-0.2, -0.15) is 0 Å². The molecule has 1 aromatic carbocycles. The van der Waals surface area contributed by atoms with Crippen LogP contribution in [0.25, 0.3) is 0 Å². The van der Waals surface area contributed by atoms with Crippen LogP contribution in [0.15, 0.2) is 60.1 Å². The molecule has 5 aliphatic rings. The van der Waals surface area contributed by atoms with Crippen molar-refractivity contribution in [1.29, 1.82) is 0 Å². The van der Waals surface area contributed by atoms with Crippen LogP contribution in [-0.4, -0.2) is 53.2 Å². The van der Waals surface area contributed by atoms with Gasteiger partial charge in [-0.25, -0.2) is 0 Å². The number of carbonyl (C=O) groups is 2. The number of anilines is 1. The molecular weight excluding hydrogens is 781 g/mol. The van der Waals surface area contributed by atoms with Gasteiger partial charge in [0.15, 0.2) is 0 Å². The first-order valence-corrected chi connectivity index (χ1v) is 25.5. The molecule has 352 valence electrons. The summed E-state index contributed by atoms with van der Waals surface area (Å²) in [7, 11) is 0. The van der Waals surface area contributed by atoms with Gasteiger partial charge in [-0.15, -0.1) is 0 Å². The number of carbonyl (C=O) groups excluding carboxylic acids is 2. The molecule has 1 aliphatic heterocycles. The van der Waals surface area contributed by atoms with Crippen LogP contribution >= 0.6 is 0 Å². The number of hydrogen-bond donors (Lipinski definition) is 4. The lowest BCUT2D eigenvalue weighted by Gasteiger charge is -2.58. The van der Waals surface area contributed by atoms with Crippen LogP contribution in [0.3, 0.4) is 0 Å². The van der Waals surface area contributed by atoms with Gasteiger partial charge in [-0.05, 0) is 153 Å². The highest BCUT2D eigenvalue weighted by molar-refractivity contribution is 5.89. The molecule has 0 spiro atoms. The molecule has 8 heteroatoms. The van der Waals surface area contributed by atoms with Crippen molar-refractivity contribution in [3.05, 3.63) is 65.7 Å². The fourth-order valence-corrected chi connectivity index (χ4v) is 13.1. The summed E-state index contributed by atoms with van der Waals surface area (Å²) in [4.78, 5) is 29.0. The molecule has 8 nitrogen and oxygen atoms in total. The fourth-order valence-electron chi connectivity index (χ4n) is 13.1. The summed E-state index contributed by atoms with van der Waals surface area (Å²) in [5.41, 5.74) is 6.18. The molecule has 4 aliphatic carbocycles. The summed E-state index contributed by atoms with van der Waals surface area (Å²) < 4.78 is 6.54. The van der Waals surface area contributed by atoms with Gasteiger partial charge in [0.25, 0.3) is 0 Å². The van der Waals surface area contributed by atoms with Crippen molar-refractivity contribution >= 4 is 17.5 Å². The second-order valence-corrected chi connectivity index (χ2v) is 22.6. The average molecular weight is 869 g/mol. The number of fused-ring (bicyclic) bond motifs is 5. The molecule has 1 heterocycles. The predicted octanol–water partition coefficient (Wildman–Crippen LogP) is 11.9. The minimum absolute atomic E-state index is 0.00279. The maximum Gasteiger partial charge on any atom is 0.249 e. The third-order valence-corrected chi connectivity index (χ3v) is 16.7. The number of nitrogens with one attached hydrogen (secondary N) is 3. The summed E-state index contributed by atoms with van der Waals surface area (Å²) in [5, 5.41) is 19.4. The molecule has 10 atom stereocenters. The Hall–Kier alpha value is -3.10. The van der Waals surface area contributed by atoms with Gasteiger partial charge < -0.3 is 30.7 Å². The summed E-state index contributed by atoms with van der Waals surface area (Å²) in [5.74, 6) is 5.62. The van der Waals surface area contributed by atoms with Crippen LogP contribution in [0.5, 0.6) is 0 Å². The maximum atomic E-state index is 13.9. The quantitative estimate of drug-likeness (QED) is 0.0645. The lowest BCUT2D eigenvalue weighted by molar-refractivity contribution is -0.137. The molecule has 2 amide bonds. The molecule has 0 bridgehead atoms. The van der Waals surface area contributed by atoms with E-state index in [4.69, 9.17) is 4.74 Å². The van der Waals surface area contributed by atoms with E-state index >= 15 is 0 Å². The number of amides is 2. The minimum Gasteiger partial charge on any atom is -0.392 e. The highest BCUT2D eigenvalue weighted by atomic mass is 16.5. The highest BCUT2D eigenvalue weighted by Crippen LogP contribution is 2.67. The van der Waals surface area contributed by atoms with E-state index < -0.39 is 6.04 Å².